The van der Waals surface area contributed by atoms with Crippen LogP contribution in [0.3, 0.4) is 0 Å². The fraction of sp³-hybridized carbons (Fsp3) is 0.318. The lowest BCUT2D eigenvalue weighted by Crippen LogP contribution is -2.26. The van der Waals surface area contributed by atoms with Crippen molar-refractivity contribution in [1.29, 1.82) is 0 Å². The number of aromatic hydroxyl groups is 1. The van der Waals surface area contributed by atoms with Gasteiger partial charge in [-0.15, -0.1) is 0 Å². The van der Waals surface area contributed by atoms with Crippen LogP contribution in [0.4, 0.5) is 0 Å². The number of phenolic OH excluding ortho intramolecular Hbond substituents is 1. The average molecular weight is 411 g/mol. The summed E-state index contributed by atoms with van der Waals surface area (Å²) < 4.78 is 12.0. The Labute approximate surface area is 174 Å². The summed E-state index contributed by atoms with van der Waals surface area (Å²) in [6, 6.07) is 10.2. The van der Waals surface area contributed by atoms with Gasteiger partial charge in [0.15, 0.2) is 11.5 Å². The second-order valence-electron chi connectivity index (χ2n) is 6.84. The summed E-state index contributed by atoms with van der Waals surface area (Å²) in [6.07, 6.45) is 2.94. The number of carbonyl (C=O) groups is 1. The third-order valence-corrected chi connectivity index (χ3v) is 4.78. The lowest BCUT2D eigenvalue weighted by atomic mass is 10.1. The number of amides is 1. The van der Waals surface area contributed by atoms with E-state index < -0.39 is 0 Å². The van der Waals surface area contributed by atoms with E-state index in [2.05, 4.69) is 10.3 Å². The lowest BCUT2D eigenvalue weighted by molar-refractivity contribution is -0.121. The van der Waals surface area contributed by atoms with Gasteiger partial charge in [0.25, 0.3) is 5.56 Å². The molecule has 0 unspecified atom stereocenters. The molecule has 3 rings (SSSR count). The molecule has 0 bridgehead atoms. The normalized spacial score (nSPS) is 10.7. The quantitative estimate of drug-likeness (QED) is 0.560. The van der Waals surface area contributed by atoms with Crippen LogP contribution in [-0.2, 0) is 17.8 Å². The Morgan fingerprint density at radius 1 is 1.17 bits per heavy atom. The molecule has 2 aromatic carbocycles. The van der Waals surface area contributed by atoms with E-state index in [4.69, 9.17) is 9.47 Å². The highest BCUT2D eigenvalue weighted by Crippen LogP contribution is 2.29. The number of aromatic nitrogens is 2. The Kier molecular flexibility index (Phi) is 6.90. The number of hydrogen-bond donors (Lipinski definition) is 2. The molecule has 0 aliphatic rings. The molecule has 0 spiro atoms. The summed E-state index contributed by atoms with van der Waals surface area (Å²) in [4.78, 5) is 29.1. The van der Waals surface area contributed by atoms with Gasteiger partial charge in [-0.25, -0.2) is 4.98 Å². The highest BCUT2D eigenvalue weighted by molar-refractivity contribution is 5.81. The first kappa shape index (κ1) is 21.2. The Morgan fingerprint density at radius 2 is 1.93 bits per heavy atom. The minimum absolute atomic E-state index is 0.0802. The van der Waals surface area contributed by atoms with E-state index in [0.29, 0.717) is 54.8 Å². The number of ether oxygens (including phenoxy) is 2. The molecule has 0 radical (unpaired) electrons. The molecular weight excluding hydrogens is 386 g/mol. The first-order chi connectivity index (χ1) is 14.5. The van der Waals surface area contributed by atoms with Gasteiger partial charge in [-0.3, -0.25) is 14.2 Å². The van der Waals surface area contributed by atoms with Gasteiger partial charge in [-0.2, -0.15) is 0 Å². The third kappa shape index (κ3) is 5.08. The zero-order chi connectivity index (χ0) is 21.5. The molecular formula is C22H25N3O5. The van der Waals surface area contributed by atoms with Gasteiger partial charge in [0.2, 0.25) is 5.91 Å². The van der Waals surface area contributed by atoms with Crippen molar-refractivity contribution in [3.8, 4) is 17.2 Å². The van der Waals surface area contributed by atoms with Crippen LogP contribution >= 0.6 is 0 Å². The van der Waals surface area contributed by atoms with Crippen LogP contribution in [0.5, 0.6) is 17.2 Å². The van der Waals surface area contributed by atoms with Gasteiger partial charge >= 0.3 is 0 Å². The number of hydrogen-bond acceptors (Lipinski definition) is 6. The van der Waals surface area contributed by atoms with Crippen molar-refractivity contribution in [1.82, 2.24) is 14.9 Å². The van der Waals surface area contributed by atoms with Crippen molar-refractivity contribution in [2.24, 2.45) is 0 Å². The number of methoxy groups -OCH3 is 2. The topological polar surface area (TPSA) is 103 Å². The summed E-state index contributed by atoms with van der Waals surface area (Å²) in [6.45, 7) is 0.873. The minimum Gasteiger partial charge on any atom is -0.508 e. The summed E-state index contributed by atoms with van der Waals surface area (Å²) in [5.74, 6) is 1.11. The average Bonchev–Trinajstić information content (AvgIpc) is 2.74. The van der Waals surface area contributed by atoms with Crippen LogP contribution in [0.2, 0.25) is 0 Å². The Hall–Kier alpha value is -3.55. The van der Waals surface area contributed by atoms with Gasteiger partial charge < -0.3 is 19.9 Å². The zero-order valence-corrected chi connectivity index (χ0v) is 17.1. The smallest absolute Gasteiger partial charge is 0.261 e. The zero-order valence-electron chi connectivity index (χ0n) is 17.1. The van der Waals surface area contributed by atoms with Crippen molar-refractivity contribution in [2.75, 3.05) is 20.8 Å². The molecule has 158 valence electrons. The number of rotatable bonds is 9. The minimum atomic E-state index is -0.190. The fourth-order valence-corrected chi connectivity index (χ4v) is 3.20. The van der Waals surface area contributed by atoms with Crippen molar-refractivity contribution in [3.63, 3.8) is 0 Å². The van der Waals surface area contributed by atoms with E-state index in [0.717, 1.165) is 5.56 Å². The van der Waals surface area contributed by atoms with Gasteiger partial charge in [0.1, 0.15) is 5.75 Å². The number of carbonyl (C=O) groups excluding carboxylic acids is 1. The van der Waals surface area contributed by atoms with Crippen LogP contribution in [0, 0.1) is 0 Å². The Balaban J connectivity index is 1.54. The molecule has 0 saturated heterocycles. The molecule has 3 aromatic rings. The van der Waals surface area contributed by atoms with Gasteiger partial charge in [0, 0.05) is 25.6 Å². The van der Waals surface area contributed by atoms with Crippen molar-refractivity contribution < 1.29 is 19.4 Å². The number of fused-ring (bicyclic) bond motifs is 1. The number of nitrogens with zero attached hydrogens (tertiary/aromatic N) is 2. The second-order valence-corrected chi connectivity index (χ2v) is 6.84. The third-order valence-electron chi connectivity index (χ3n) is 4.78. The molecule has 0 fully saturated rings. The fourth-order valence-electron chi connectivity index (χ4n) is 3.20. The largest absolute Gasteiger partial charge is 0.508 e. The standard InChI is InChI=1S/C22H25N3O5/c1-29-19-12-17-18(13-20(19)30-2)24-14-25(22(17)28)10-4-7-21(27)23-9-8-15-5-3-6-16(26)11-15/h3,5-6,11-14,26H,4,7-10H2,1-2H3,(H,23,27). The Bertz CT molecular complexity index is 1090. The van der Waals surface area contributed by atoms with Crippen molar-refractivity contribution >= 4 is 16.8 Å². The number of benzene rings is 2. The van der Waals surface area contributed by atoms with Crippen LogP contribution in [0.1, 0.15) is 18.4 Å². The van der Waals surface area contributed by atoms with Crippen LogP contribution < -0.4 is 20.3 Å². The molecule has 1 heterocycles. The maximum atomic E-state index is 12.7. The Morgan fingerprint density at radius 3 is 2.67 bits per heavy atom. The van der Waals surface area contributed by atoms with E-state index in [1.165, 1.54) is 25.1 Å². The number of aryl methyl sites for hydroxylation is 1. The SMILES string of the molecule is COc1cc2ncn(CCCC(=O)NCCc3cccc(O)c3)c(=O)c2cc1OC. The predicted molar refractivity (Wildman–Crippen MR) is 113 cm³/mol. The van der Waals surface area contributed by atoms with Crippen molar-refractivity contribution in [3.05, 3.63) is 58.6 Å². The molecule has 0 atom stereocenters. The van der Waals surface area contributed by atoms with E-state index >= 15 is 0 Å². The van der Waals surface area contributed by atoms with Gasteiger partial charge in [0.05, 0.1) is 31.4 Å². The molecule has 1 aromatic heterocycles. The lowest BCUT2D eigenvalue weighted by Gasteiger charge is -2.10. The number of phenols is 1. The van der Waals surface area contributed by atoms with E-state index in [1.54, 1.807) is 30.3 Å². The summed E-state index contributed by atoms with van der Waals surface area (Å²) in [7, 11) is 3.04. The van der Waals surface area contributed by atoms with Crippen LogP contribution in [0.15, 0.2) is 47.5 Å². The maximum absolute atomic E-state index is 12.7. The molecule has 0 saturated carbocycles. The van der Waals surface area contributed by atoms with E-state index in [-0.39, 0.29) is 17.2 Å². The predicted octanol–water partition coefficient (Wildman–Crippen LogP) is 2.26. The van der Waals surface area contributed by atoms with Crippen LogP contribution in [-0.4, -0.2) is 41.3 Å². The summed E-state index contributed by atoms with van der Waals surface area (Å²) in [5, 5.41) is 12.7. The molecule has 0 aliphatic heterocycles. The van der Waals surface area contributed by atoms with Gasteiger partial charge in [-0.05, 0) is 36.6 Å². The highest BCUT2D eigenvalue weighted by Gasteiger charge is 2.11. The monoisotopic (exact) mass is 411 g/mol. The first-order valence-electron chi connectivity index (χ1n) is 9.67. The van der Waals surface area contributed by atoms with Crippen molar-refractivity contribution in [2.45, 2.75) is 25.8 Å². The number of nitrogens with one attached hydrogen (secondary N) is 1. The molecule has 2 N–H and O–H groups in total. The molecule has 1 amide bonds. The molecule has 8 nitrogen and oxygen atoms in total. The van der Waals surface area contributed by atoms with Gasteiger partial charge in [-0.1, -0.05) is 12.1 Å². The van der Waals surface area contributed by atoms with E-state index in [9.17, 15) is 14.7 Å². The van der Waals surface area contributed by atoms with Crippen LogP contribution in [0.25, 0.3) is 10.9 Å². The molecule has 8 heteroatoms. The highest BCUT2D eigenvalue weighted by atomic mass is 16.5. The molecule has 30 heavy (non-hydrogen) atoms. The maximum Gasteiger partial charge on any atom is 0.261 e. The second kappa shape index (κ2) is 9.78. The first-order valence-corrected chi connectivity index (χ1v) is 9.67. The molecule has 0 aliphatic carbocycles. The van der Waals surface area contributed by atoms with E-state index in [1.807, 2.05) is 6.07 Å². The summed E-state index contributed by atoms with van der Waals surface area (Å²) >= 11 is 0. The summed E-state index contributed by atoms with van der Waals surface area (Å²) in [5.41, 5.74) is 1.29.